The Morgan fingerprint density at radius 3 is 2.41 bits per heavy atom. The normalized spacial score (nSPS) is 20.5. The third-order valence-corrected chi connectivity index (χ3v) is 7.44. The highest BCUT2D eigenvalue weighted by Crippen LogP contribution is 2.33. The van der Waals surface area contributed by atoms with E-state index in [1.807, 2.05) is 0 Å². The number of hydrogen-bond donors (Lipinski definition) is 1. The second kappa shape index (κ2) is 9.27. The lowest BCUT2D eigenvalue weighted by molar-refractivity contribution is -0.215. The number of likely N-dealkylation sites (tertiary alicyclic amines) is 1. The number of aliphatic hydroxyl groups excluding tert-OH is 1. The Labute approximate surface area is 183 Å². The number of carbonyl (C=O) groups excluding carboxylic acids is 1. The third kappa shape index (κ3) is 5.17. The average molecular weight is 476 g/mol. The fraction of sp³-hybridized carbons (Fsp3) is 0.550. The van der Waals surface area contributed by atoms with E-state index in [1.165, 1.54) is 28.6 Å². The van der Waals surface area contributed by atoms with Gasteiger partial charge in [0.05, 0.1) is 23.7 Å². The van der Waals surface area contributed by atoms with Gasteiger partial charge in [0.2, 0.25) is 16.1 Å². The summed E-state index contributed by atoms with van der Waals surface area (Å²) in [5.41, 5.74) is -0.308. The number of ether oxygens (including phenoxy) is 2. The highest BCUT2D eigenvalue weighted by Gasteiger charge is 2.46. The van der Waals surface area contributed by atoms with Gasteiger partial charge in [-0.1, -0.05) is 5.92 Å². The van der Waals surface area contributed by atoms with Crippen molar-refractivity contribution in [1.29, 1.82) is 0 Å². The zero-order valence-electron chi connectivity index (χ0n) is 17.0. The number of rotatable bonds is 4. The molecule has 0 aromatic heterocycles. The minimum absolute atomic E-state index is 0.0274. The van der Waals surface area contributed by atoms with E-state index in [9.17, 15) is 26.4 Å². The van der Waals surface area contributed by atoms with Gasteiger partial charge >= 0.3 is 12.3 Å². The molecule has 0 unspecified atom stereocenters. The number of terminal acetylenes is 1. The predicted octanol–water partition coefficient (Wildman–Crippen LogP) is 1.58. The van der Waals surface area contributed by atoms with Crippen molar-refractivity contribution in [2.75, 3.05) is 39.4 Å². The smallest absolute Gasteiger partial charge is 0.427 e. The second-order valence-corrected chi connectivity index (χ2v) is 9.56. The van der Waals surface area contributed by atoms with Gasteiger partial charge in [0.15, 0.2) is 0 Å². The monoisotopic (exact) mass is 476 g/mol. The van der Waals surface area contributed by atoms with Gasteiger partial charge in [-0.2, -0.15) is 17.5 Å². The lowest BCUT2D eigenvalue weighted by Gasteiger charge is -2.46. The summed E-state index contributed by atoms with van der Waals surface area (Å²) in [6.45, 7) is -0.968. The molecule has 8 nitrogen and oxygen atoms in total. The molecular formula is C20H23F3N2O6S. The molecule has 0 saturated carbocycles. The summed E-state index contributed by atoms with van der Waals surface area (Å²) >= 11 is 0. The first-order valence-corrected chi connectivity index (χ1v) is 11.3. The van der Waals surface area contributed by atoms with Crippen LogP contribution < -0.4 is 0 Å². The lowest BCUT2D eigenvalue weighted by Crippen LogP contribution is -2.58. The fourth-order valence-corrected chi connectivity index (χ4v) is 5.19. The Balaban J connectivity index is 1.64. The quantitative estimate of drug-likeness (QED) is 0.663. The molecule has 1 spiro atoms. The van der Waals surface area contributed by atoms with Gasteiger partial charge in [0.25, 0.3) is 0 Å². The number of sulfonamides is 1. The number of amides is 1. The summed E-state index contributed by atoms with van der Waals surface area (Å²) in [5.74, 6) is 2.42. The van der Waals surface area contributed by atoms with Crippen LogP contribution in [-0.4, -0.2) is 86.1 Å². The average Bonchev–Trinajstić information content (AvgIpc) is 2.77. The highest BCUT2D eigenvalue weighted by molar-refractivity contribution is 7.89. The summed E-state index contributed by atoms with van der Waals surface area (Å²) in [5, 5.41) is 8.83. The van der Waals surface area contributed by atoms with E-state index in [0.717, 1.165) is 4.90 Å². The van der Waals surface area contributed by atoms with Gasteiger partial charge in [0.1, 0.15) is 0 Å². The predicted molar refractivity (Wildman–Crippen MR) is 106 cm³/mol. The third-order valence-electron chi connectivity index (χ3n) is 5.58. The van der Waals surface area contributed by atoms with Crippen molar-refractivity contribution in [1.82, 2.24) is 9.21 Å². The number of halogens is 3. The molecule has 1 aromatic carbocycles. The first-order chi connectivity index (χ1) is 15.0. The van der Waals surface area contributed by atoms with Gasteiger partial charge < -0.3 is 19.5 Å². The summed E-state index contributed by atoms with van der Waals surface area (Å²) in [6, 6.07) is 5.94. The number of aliphatic hydroxyl groups is 1. The van der Waals surface area contributed by atoms with Crippen molar-refractivity contribution in [2.45, 2.75) is 35.6 Å². The molecule has 1 atom stereocenters. The molecule has 0 aliphatic carbocycles. The standard InChI is InChI=1S/C20H23F3N2O6S/c1-2-15-3-5-16(6-4-15)32(28,29)25-11-12-30-19(14-25)7-9-24(10-8-19)18(27)31-17(13-26)20(21,22)23/h1,3-6,17,26H,7-14H2/t17-/m1/s1. The number of morpholine rings is 1. The van der Waals surface area contributed by atoms with Crippen LogP contribution in [0.3, 0.4) is 0 Å². The van der Waals surface area contributed by atoms with E-state index in [-0.39, 0.29) is 50.5 Å². The SMILES string of the molecule is C#Cc1ccc(S(=O)(=O)N2CCOC3(CCN(C(=O)O[C@H](CO)C(F)(F)F)CC3)C2)cc1. The number of carbonyl (C=O) groups is 1. The van der Waals surface area contributed by atoms with Crippen LogP contribution in [0.25, 0.3) is 0 Å². The molecule has 0 radical (unpaired) electrons. The number of piperidine rings is 1. The molecule has 2 fully saturated rings. The fourth-order valence-electron chi connectivity index (χ4n) is 3.69. The molecule has 12 heteroatoms. The van der Waals surface area contributed by atoms with Crippen LogP contribution >= 0.6 is 0 Å². The van der Waals surface area contributed by atoms with Crippen molar-refractivity contribution in [3.63, 3.8) is 0 Å². The molecule has 3 rings (SSSR count). The van der Waals surface area contributed by atoms with E-state index in [1.54, 1.807) is 0 Å². The van der Waals surface area contributed by atoms with E-state index >= 15 is 0 Å². The van der Waals surface area contributed by atoms with Crippen molar-refractivity contribution in [3.05, 3.63) is 29.8 Å². The first kappa shape index (κ1) is 24.3. The van der Waals surface area contributed by atoms with Crippen molar-refractivity contribution in [3.8, 4) is 12.3 Å². The van der Waals surface area contributed by atoms with Crippen LogP contribution in [0.1, 0.15) is 18.4 Å². The molecule has 2 aliphatic heterocycles. The molecule has 1 aromatic rings. The molecule has 2 aliphatic rings. The van der Waals surface area contributed by atoms with Crippen molar-refractivity contribution >= 4 is 16.1 Å². The van der Waals surface area contributed by atoms with Crippen LogP contribution in [0.4, 0.5) is 18.0 Å². The number of hydrogen-bond acceptors (Lipinski definition) is 6. The van der Waals surface area contributed by atoms with Gasteiger partial charge in [-0.3, -0.25) is 0 Å². The molecule has 2 heterocycles. The maximum Gasteiger partial charge on any atom is 0.427 e. The van der Waals surface area contributed by atoms with Gasteiger partial charge in [-0.15, -0.1) is 6.42 Å². The van der Waals surface area contributed by atoms with E-state index in [4.69, 9.17) is 16.3 Å². The van der Waals surface area contributed by atoms with Gasteiger partial charge in [-0.05, 0) is 37.1 Å². The molecule has 0 bridgehead atoms. The minimum Gasteiger partial charge on any atom is -0.434 e. The summed E-state index contributed by atoms with van der Waals surface area (Å²) in [6.07, 6.45) is -2.92. The largest absolute Gasteiger partial charge is 0.434 e. The molecule has 32 heavy (non-hydrogen) atoms. The number of benzene rings is 1. The highest BCUT2D eigenvalue weighted by atomic mass is 32.2. The Morgan fingerprint density at radius 1 is 1.25 bits per heavy atom. The molecule has 2 saturated heterocycles. The second-order valence-electron chi connectivity index (χ2n) is 7.62. The lowest BCUT2D eigenvalue weighted by atomic mass is 9.90. The summed E-state index contributed by atoms with van der Waals surface area (Å²) in [4.78, 5) is 13.3. The zero-order valence-corrected chi connectivity index (χ0v) is 17.9. The van der Waals surface area contributed by atoms with Crippen LogP contribution in [0.5, 0.6) is 0 Å². The summed E-state index contributed by atoms with van der Waals surface area (Å²) in [7, 11) is -3.80. The van der Waals surface area contributed by atoms with E-state index in [2.05, 4.69) is 10.7 Å². The summed E-state index contributed by atoms with van der Waals surface area (Å²) < 4.78 is 75.8. The Hall–Kier alpha value is -2.33. The van der Waals surface area contributed by atoms with Gasteiger partial charge in [0, 0.05) is 31.7 Å². The maximum atomic E-state index is 13.0. The van der Waals surface area contributed by atoms with Crippen LogP contribution in [0.15, 0.2) is 29.2 Å². The Kier molecular flexibility index (Phi) is 7.04. The maximum absolute atomic E-state index is 13.0. The van der Waals surface area contributed by atoms with E-state index < -0.39 is 40.6 Å². The van der Waals surface area contributed by atoms with Crippen LogP contribution in [0.2, 0.25) is 0 Å². The topological polar surface area (TPSA) is 96.4 Å². The van der Waals surface area contributed by atoms with Crippen molar-refractivity contribution < 1.29 is 41.0 Å². The van der Waals surface area contributed by atoms with Crippen LogP contribution in [-0.2, 0) is 19.5 Å². The minimum atomic E-state index is -4.87. The number of alkyl halides is 3. The molecule has 1 N–H and O–H groups in total. The van der Waals surface area contributed by atoms with Crippen LogP contribution in [0, 0.1) is 12.3 Å². The Morgan fingerprint density at radius 2 is 1.88 bits per heavy atom. The molecule has 176 valence electrons. The number of nitrogens with zero attached hydrogens (tertiary/aromatic N) is 2. The molecule has 1 amide bonds. The first-order valence-electron chi connectivity index (χ1n) is 9.85. The van der Waals surface area contributed by atoms with Gasteiger partial charge in [-0.25, -0.2) is 13.2 Å². The molecular weight excluding hydrogens is 453 g/mol. The zero-order chi connectivity index (χ0) is 23.6. The van der Waals surface area contributed by atoms with Crippen molar-refractivity contribution in [2.24, 2.45) is 0 Å². The van der Waals surface area contributed by atoms with E-state index in [0.29, 0.717) is 5.56 Å². The Bertz CT molecular complexity index is 967.